The molecule has 0 fully saturated rings. The van der Waals surface area contributed by atoms with Crippen molar-refractivity contribution in [3.05, 3.63) is 103 Å². The van der Waals surface area contributed by atoms with E-state index in [4.69, 9.17) is 10.2 Å². The molecule has 2 N–H and O–H groups in total. The number of nitrogens with zero attached hydrogens (tertiary/aromatic N) is 3. The van der Waals surface area contributed by atoms with Crippen molar-refractivity contribution in [1.29, 1.82) is 0 Å². The van der Waals surface area contributed by atoms with Gasteiger partial charge in [-0.1, -0.05) is 81.4 Å². The standard InChI is InChI=1S/C28H28N4OSi/c1-28(2,3)34(23-10-6-4-7-11-23,24-12-8-5-9-13-24)33-22-14-15-25-21(20-22)17-19-32(25)26-16-18-30-27(29)31-26/h4-20H,1-3H3,(H2,29,30,31). The largest absolute Gasteiger partial charge is 0.534 e. The fraction of sp³-hybridized carbons (Fsp3) is 0.143. The summed E-state index contributed by atoms with van der Waals surface area (Å²) in [5.41, 5.74) is 6.84. The molecule has 0 radical (unpaired) electrons. The Balaban J connectivity index is 1.64. The Morgan fingerprint density at radius 1 is 0.824 bits per heavy atom. The minimum atomic E-state index is -2.69. The summed E-state index contributed by atoms with van der Waals surface area (Å²) in [4.78, 5) is 8.37. The van der Waals surface area contributed by atoms with Crippen molar-refractivity contribution in [2.75, 3.05) is 5.73 Å². The lowest BCUT2D eigenvalue weighted by molar-refractivity contribution is 0.509. The highest BCUT2D eigenvalue weighted by Gasteiger charge is 2.52. The summed E-state index contributed by atoms with van der Waals surface area (Å²) >= 11 is 0. The predicted molar refractivity (Wildman–Crippen MR) is 142 cm³/mol. The first-order valence-corrected chi connectivity index (χ1v) is 13.3. The zero-order valence-corrected chi connectivity index (χ0v) is 20.6. The highest BCUT2D eigenvalue weighted by Crippen LogP contribution is 2.38. The summed E-state index contributed by atoms with van der Waals surface area (Å²) in [6.07, 6.45) is 3.67. The van der Waals surface area contributed by atoms with Crippen LogP contribution in [-0.4, -0.2) is 22.9 Å². The first kappa shape index (κ1) is 21.9. The van der Waals surface area contributed by atoms with E-state index in [1.165, 1.54) is 10.4 Å². The molecular formula is C28H28N4OSi. The minimum Gasteiger partial charge on any atom is -0.534 e. The Morgan fingerprint density at radius 3 is 2.06 bits per heavy atom. The molecule has 2 aromatic heterocycles. The lowest BCUT2D eigenvalue weighted by Gasteiger charge is -2.43. The van der Waals surface area contributed by atoms with E-state index in [0.29, 0.717) is 0 Å². The molecule has 34 heavy (non-hydrogen) atoms. The SMILES string of the molecule is CC(C)(C)[Si](Oc1ccc2c(ccn2-c2ccnc(N)n2)c1)(c1ccccc1)c1ccccc1. The number of nitrogens with two attached hydrogens (primary N) is 1. The number of hydrogen-bond donors (Lipinski definition) is 1. The Kier molecular flexibility index (Phi) is 5.46. The smallest absolute Gasteiger partial charge is 0.319 e. The predicted octanol–water partition coefficient (Wildman–Crippen LogP) is 4.94. The van der Waals surface area contributed by atoms with E-state index >= 15 is 0 Å². The van der Waals surface area contributed by atoms with Crippen LogP contribution in [-0.2, 0) is 0 Å². The molecule has 2 heterocycles. The summed E-state index contributed by atoms with van der Waals surface area (Å²) in [6, 6.07) is 31.6. The van der Waals surface area contributed by atoms with E-state index < -0.39 is 8.32 Å². The summed E-state index contributed by atoms with van der Waals surface area (Å²) in [7, 11) is -2.69. The van der Waals surface area contributed by atoms with Gasteiger partial charge in [-0.05, 0) is 45.7 Å². The summed E-state index contributed by atoms with van der Waals surface area (Å²) in [5, 5.41) is 3.48. The van der Waals surface area contributed by atoms with Crippen molar-refractivity contribution >= 4 is 35.5 Å². The number of anilines is 1. The quantitative estimate of drug-likeness (QED) is 0.374. The fourth-order valence-electron chi connectivity index (χ4n) is 4.71. The monoisotopic (exact) mass is 464 g/mol. The minimum absolute atomic E-state index is 0.102. The number of aromatic nitrogens is 3. The molecule has 0 bridgehead atoms. The number of nitrogen functional groups attached to an aromatic ring is 1. The van der Waals surface area contributed by atoms with Gasteiger partial charge in [-0.15, -0.1) is 0 Å². The van der Waals surface area contributed by atoms with Crippen molar-refractivity contribution in [2.45, 2.75) is 25.8 Å². The highest BCUT2D eigenvalue weighted by atomic mass is 28.4. The molecule has 0 aliphatic rings. The lowest BCUT2D eigenvalue weighted by atomic mass is 10.2. The van der Waals surface area contributed by atoms with E-state index in [2.05, 4.69) is 116 Å². The van der Waals surface area contributed by atoms with Gasteiger partial charge in [0.05, 0.1) is 5.52 Å². The van der Waals surface area contributed by atoms with Crippen LogP contribution in [0, 0.1) is 0 Å². The van der Waals surface area contributed by atoms with Crippen LogP contribution in [0.5, 0.6) is 5.75 Å². The highest BCUT2D eigenvalue weighted by molar-refractivity contribution is 7.00. The third-order valence-electron chi connectivity index (χ3n) is 6.26. The van der Waals surface area contributed by atoms with Gasteiger partial charge in [0, 0.05) is 17.8 Å². The Hall–Kier alpha value is -3.90. The number of benzene rings is 3. The van der Waals surface area contributed by atoms with Crippen LogP contribution in [0.25, 0.3) is 16.7 Å². The molecule has 0 saturated heterocycles. The van der Waals surface area contributed by atoms with Crippen LogP contribution >= 0.6 is 0 Å². The van der Waals surface area contributed by atoms with Crippen LogP contribution in [0.3, 0.4) is 0 Å². The molecule has 3 aromatic carbocycles. The average molecular weight is 465 g/mol. The van der Waals surface area contributed by atoms with Gasteiger partial charge >= 0.3 is 8.32 Å². The zero-order chi connectivity index (χ0) is 23.8. The third kappa shape index (κ3) is 3.76. The first-order valence-electron chi connectivity index (χ1n) is 11.4. The van der Waals surface area contributed by atoms with Gasteiger partial charge in [0.1, 0.15) is 11.6 Å². The second-order valence-corrected chi connectivity index (χ2v) is 13.7. The summed E-state index contributed by atoms with van der Waals surface area (Å²) in [5.74, 6) is 1.86. The van der Waals surface area contributed by atoms with Crippen LogP contribution in [0.15, 0.2) is 103 Å². The second kappa shape index (κ2) is 8.46. The van der Waals surface area contributed by atoms with Crippen molar-refractivity contribution in [3.63, 3.8) is 0 Å². The van der Waals surface area contributed by atoms with Crippen molar-refractivity contribution < 1.29 is 4.43 Å². The van der Waals surface area contributed by atoms with Gasteiger partial charge in [0.15, 0.2) is 0 Å². The van der Waals surface area contributed by atoms with Crippen LogP contribution in [0.4, 0.5) is 5.95 Å². The topological polar surface area (TPSA) is 66.0 Å². The Labute approximate surface area is 201 Å². The van der Waals surface area contributed by atoms with Gasteiger partial charge in [0.2, 0.25) is 5.95 Å². The molecule has 170 valence electrons. The van der Waals surface area contributed by atoms with E-state index in [1.54, 1.807) is 6.20 Å². The fourth-order valence-corrected chi connectivity index (χ4v) is 9.12. The second-order valence-electron chi connectivity index (χ2n) is 9.44. The maximum absolute atomic E-state index is 7.16. The maximum atomic E-state index is 7.16. The molecule has 0 unspecified atom stereocenters. The van der Waals surface area contributed by atoms with E-state index in [0.717, 1.165) is 22.5 Å². The molecule has 5 nitrogen and oxygen atoms in total. The van der Waals surface area contributed by atoms with Crippen molar-refractivity contribution in [2.24, 2.45) is 0 Å². The molecule has 0 amide bonds. The van der Waals surface area contributed by atoms with Crippen LogP contribution in [0.1, 0.15) is 20.8 Å². The molecular weight excluding hydrogens is 436 g/mol. The molecule has 6 heteroatoms. The molecule has 0 atom stereocenters. The van der Waals surface area contributed by atoms with E-state index in [-0.39, 0.29) is 11.0 Å². The van der Waals surface area contributed by atoms with Crippen molar-refractivity contribution in [1.82, 2.24) is 14.5 Å². The average Bonchev–Trinajstić information content (AvgIpc) is 3.26. The number of fused-ring (bicyclic) bond motifs is 1. The normalized spacial score (nSPS) is 12.1. The number of hydrogen-bond acceptors (Lipinski definition) is 4. The number of rotatable bonds is 5. The summed E-state index contributed by atoms with van der Waals surface area (Å²) in [6.45, 7) is 6.86. The first-order chi connectivity index (χ1) is 16.4. The van der Waals surface area contributed by atoms with Crippen LogP contribution < -0.4 is 20.5 Å². The third-order valence-corrected chi connectivity index (χ3v) is 11.2. The van der Waals surface area contributed by atoms with E-state index in [1.807, 2.05) is 16.8 Å². The zero-order valence-electron chi connectivity index (χ0n) is 19.6. The van der Waals surface area contributed by atoms with Gasteiger partial charge in [-0.25, -0.2) is 4.98 Å². The molecule has 0 aliphatic carbocycles. The molecule has 0 spiro atoms. The Bertz CT molecular complexity index is 1390. The maximum Gasteiger partial charge on any atom is 0.319 e. The molecule has 5 rings (SSSR count). The van der Waals surface area contributed by atoms with Crippen molar-refractivity contribution in [3.8, 4) is 11.6 Å². The molecule has 5 aromatic rings. The van der Waals surface area contributed by atoms with Gasteiger partial charge in [-0.2, -0.15) is 4.98 Å². The van der Waals surface area contributed by atoms with E-state index in [9.17, 15) is 0 Å². The lowest BCUT2D eigenvalue weighted by Crippen LogP contribution is -2.68. The van der Waals surface area contributed by atoms with Gasteiger partial charge in [0.25, 0.3) is 0 Å². The summed E-state index contributed by atoms with van der Waals surface area (Å²) < 4.78 is 9.18. The van der Waals surface area contributed by atoms with Crippen LogP contribution in [0.2, 0.25) is 5.04 Å². The van der Waals surface area contributed by atoms with Gasteiger partial charge < -0.3 is 14.7 Å². The molecule has 0 saturated carbocycles. The van der Waals surface area contributed by atoms with Gasteiger partial charge in [-0.3, -0.25) is 0 Å². The molecule has 0 aliphatic heterocycles. The Morgan fingerprint density at radius 2 is 1.47 bits per heavy atom.